The zero-order valence-corrected chi connectivity index (χ0v) is 28.1. The van der Waals surface area contributed by atoms with Crippen LogP contribution in [0.1, 0.15) is 157 Å². The maximum atomic E-state index is 15.0. The molecule has 222 valence electrons. The van der Waals surface area contributed by atoms with Crippen LogP contribution in [0, 0.1) is 0 Å². The Hall–Kier alpha value is -0.400. The number of benzene rings is 1. The van der Waals surface area contributed by atoms with Crippen LogP contribution in [-0.4, -0.2) is 13.0 Å². The molecule has 0 aromatic heterocycles. The molecule has 0 radical (unpaired) electrons. The second kappa shape index (κ2) is 25.3. The first kappa shape index (κ1) is 38.6. The standard InChI is InChI=1S/C32H55FO4S.Na.H/c1-3-5-7-9-10-11-12-13-14-15-16-17-18-20-22-24-29(23-21-19-8-6-4-2)32(33)37-30-25-27-31(28-26-30)38(34,35)36;;/h25-28H,3-24H2,1-2H3,(H,34,35,36);;/q;+1;-1. The van der Waals surface area contributed by atoms with E-state index in [-0.39, 0.29) is 41.6 Å². The summed E-state index contributed by atoms with van der Waals surface area (Å²) in [5.41, 5.74) is 0.718. The van der Waals surface area contributed by atoms with Crippen molar-refractivity contribution in [2.45, 2.75) is 160 Å². The SMILES string of the molecule is CCCCCCCCCCCCCCCCCC(CCCCCCC)=C(F)Oc1ccc(S(=O)(=O)O)cc1.[H-].[Na+]. The Morgan fingerprint density at radius 2 is 1.00 bits per heavy atom. The van der Waals surface area contributed by atoms with Crippen LogP contribution in [0.5, 0.6) is 5.75 Å². The number of halogens is 1. The molecule has 0 saturated heterocycles. The summed E-state index contributed by atoms with van der Waals surface area (Å²) in [6.45, 7) is 4.45. The predicted molar refractivity (Wildman–Crippen MR) is 159 cm³/mol. The van der Waals surface area contributed by atoms with Crippen molar-refractivity contribution in [2.75, 3.05) is 0 Å². The molecule has 0 amide bonds. The van der Waals surface area contributed by atoms with Crippen LogP contribution in [-0.2, 0) is 10.1 Å². The second-order valence-electron chi connectivity index (χ2n) is 10.8. The zero-order valence-electron chi connectivity index (χ0n) is 26.3. The zero-order chi connectivity index (χ0) is 27.9. The smallest absolute Gasteiger partial charge is 1.00 e. The van der Waals surface area contributed by atoms with E-state index >= 15 is 4.39 Å². The molecule has 0 heterocycles. The van der Waals surface area contributed by atoms with Crippen LogP contribution in [0.4, 0.5) is 4.39 Å². The molecule has 39 heavy (non-hydrogen) atoms. The van der Waals surface area contributed by atoms with Gasteiger partial charge in [0.2, 0.25) is 0 Å². The second-order valence-corrected chi connectivity index (χ2v) is 12.2. The molecule has 0 aliphatic heterocycles. The van der Waals surface area contributed by atoms with Crippen molar-refractivity contribution in [3.63, 3.8) is 0 Å². The third-order valence-electron chi connectivity index (χ3n) is 7.27. The molecule has 0 saturated carbocycles. The monoisotopic (exact) mass is 578 g/mol. The fraction of sp³-hybridized carbons (Fsp3) is 0.750. The van der Waals surface area contributed by atoms with E-state index in [4.69, 9.17) is 9.29 Å². The molecule has 0 aliphatic carbocycles. The largest absolute Gasteiger partial charge is 1.00 e. The number of rotatable bonds is 25. The van der Waals surface area contributed by atoms with Crippen molar-refractivity contribution in [1.82, 2.24) is 0 Å². The normalized spacial score (nSPS) is 12.2. The molecule has 1 aromatic carbocycles. The van der Waals surface area contributed by atoms with Gasteiger partial charge in [-0.05, 0) is 49.9 Å². The van der Waals surface area contributed by atoms with Crippen molar-refractivity contribution in [2.24, 2.45) is 0 Å². The van der Waals surface area contributed by atoms with Crippen molar-refractivity contribution in [3.05, 3.63) is 35.9 Å². The molecular weight excluding hydrogens is 522 g/mol. The number of hydrogen-bond donors (Lipinski definition) is 1. The Bertz CT molecular complexity index is 847. The Kier molecular flexibility index (Phi) is 25.1. The molecule has 1 rings (SSSR count). The Labute approximate surface area is 263 Å². The fourth-order valence-electron chi connectivity index (χ4n) is 4.83. The summed E-state index contributed by atoms with van der Waals surface area (Å²) in [5.74, 6) is 0.231. The van der Waals surface area contributed by atoms with Crippen LogP contribution in [0.2, 0.25) is 0 Å². The van der Waals surface area contributed by atoms with Crippen molar-refractivity contribution in [1.29, 1.82) is 0 Å². The van der Waals surface area contributed by atoms with E-state index in [0.29, 0.717) is 12.8 Å². The molecular formula is C32H56FNaO4S. The van der Waals surface area contributed by atoms with Gasteiger partial charge in [-0.3, -0.25) is 4.55 Å². The first-order chi connectivity index (χ1) is 18.4. The van der Waals surface area contributed by atoms with E-state index in [1.54, 1.807) is 0 Å². The van der Waals surface area contributed by atoms with Gasteiger partial charge in [-0.2, -0.15) is 12.8 Å². The van der Waals surface area contributed by atoms with Crippen molar-refractivity contribution < 1.29 is 53.1 Å². The maximum Gasteiger partial charge on any atom is 1.00 e. The summed E-state index contributed by atoms with van der Waals surface area (Å²) in [5, 5.41) is 0. The minimum atomic E-state index is -4.28. The number of allylic oxidation sites excluding steroid dienone is 1. The van der Waals surface area contributed by atoms with E-state index in [0.717, 1.165) is 31.3 Å². The van der Waals surface area contributed by atoms with Gasteiger partial charge >= 0.3 is 29.6 Å². The third-order valence-corrected chi connectivity index (χ3v) is 8.14. The van der Waals surface area contributed by atoms with Gasteiger partial charge in [0, 0.05) is 5.57 Å². The molecule has 1 N–H and O–H groups in total. The fourth-order valence-corrected chi connectivity index (χ4v) is 5.31. The average molecular weight is 579 g/mol. The predicted octanol–water partition coefficient (Wildman–Crippen LogP) is 8.23. The molecule has 4 nitrogen and oxygen atoms in total. The van der Waals surface area contributed by atoms with Gasteiger partial charge in [-0.25, -0.2) is 0 Å². The molecule has 0 unspecified atom stereocenters. The number of unbranched alkanes of at least 4 members (excludes halogenated alkanes) is 18. The first-order valence-corrected chi connectivity index (χ1v) is 17.0. The summed E-state index contributed by atoms with van der Waals surface area (Å²) in [6, 6.07) is 4.61. The molecule has 1 aromatic rings. The minimum Gasteiger partial charge on any atom is -1.00 e. The average Bonchev–Trinajstić information content (AvgIpc) is 2.89. The van der Waals surface area contributed by atoms with E-state index in [1.165, 1.54) is 127 Å². The summed E-state index contributed by atoms with van der Waals surface area (Å²) in [4.78, 5) is -0.233. The minimum absolute atomic E-state index is 0. The molecule has 0 spiro atoms. The van der Waals surface area contributed by atoms with E-state index < -0.39 is 16.1 Å². The first-order valence-electron chi connectivity index (χ1n) is 15.5. The summed E-state index contributed by atoms with van der Waals surface area (Å²) < 4.78 is 52.0. The van der Waals surface area contributed by atoms with Gasteiger partial charge in [0.05, 0.1) is 4.90 Å². The van der Waals surface area contributed by atoms with Crippen LogP contribution in [0.15, 0.2) is 40.7 Å². The third kappa shape index (κ3) is 21.0. The summed E-state index contributed by atoms with van der Waals surface area (Å²) in [7, 11) is -4.28. The van der Waals surface area contributed by atoms with E-state index in [2.05, 4.69) is 13.8 Å². The van der Waals surface area contributed by atoms with Gasteiger partial charge in [0.15, 0.2) is 0 Å². The summed E-state index contributed by atoms with van der Waals surface area (Å²) >= 11 is 0. The van der Waals surface area contributed by atoms with Crippen LogP contribution in [0.3, 0.4) is 0 Å². The maximum absolute atomic E-state index is 15.0. The van der Waals surface area contributed by atoms with Crippen LogP contribution >= 0.6 is 0 Å². The van der Waals surface area contributed by atoms with Gasteiger partial charge < -0.3 is 6.16 Å². The molecule has 0 bridgehead atoms. The van der Waals surface area contributed by atoms with Crippen molar-refractivity contribution in [3.8, 4) is 5.75 Å². The molecule has 0 atom stereocenters. The van der Waals surface area contributed by atoms with Crippen LogP contribution < -0.4 is 34.3 Å². The van der Waals surface area contributed by atoms with Gasteiger partial charge in [-0.1, -0.05) is 129 Å². The van der Waals surface area contributed by atoms with Gasteiger partial charge in [0.25, 0.3) is 16.1 Å². The number of hydrogen-bond acceptors (Lipinski definition) is 3. The van der Waals surface area contributed by atoms with Crippen LogP contribution in [0.25, 0.3) is 0 Å². The van der Waals surface area contributed by atoms with Crippen molar-refractivity contribution >= 4 is 10.1 Å². The summed E-state index contributed by atoms with van der Waals surface area (Å²) in [6.07, 6.45) is 26.6. The van der Waals surface area contributed by atoms with E-state index in [1.807, 2.05) is 0 Å². The Morgan fingerprint density at radius 3 is 1.33 bits per heavy atom. The van der Waals surface area contributed by atoms with Gasteiger partial charge in [-0.15, -0.1) is 0 Å². The topological polar surface area (TPSA) is 63.6 Å². The molecule has 0 fully saturated rings. The molecule has 7 heteroatoms. The molecule has 0 aliphatic rings. The number of ether oxygens (including phenoxy) is 1. The van der Waals surface area contributed by atoms with Gasteiger partial charge in [0.1, 0.15) is 5.75 Å². The Balaban J connectivity index is 0. The Morgan fingerprint density at radius 1 is 0.667 bits per heavy atom. The van der Waals surface area contributed by atoms with E-state index in [9.17, 15) is 8.42 Å². The quantitative estimate of drug-likeness (QED) is 0.0549.